The van der Waals surface area contributed by atoms with Crippen molar-refractivity contribution in [1.82, 2.24) is 0 Å². The van der Waals surface area contributed by atoms with Crippen LogP contribution in [0.15, 0.2) is 0 Å². The lowest BCUT2D eigenvalue weighted by molar-refractivity contribution is 0.0162. The van der Waals surface area contributed by atoms with Gasteiger partial charge >= 0.3 is 0 Å². The Morgan fingerprint density at radius 3 is 2.56 bits per heavy atom. The Labute approximate surface area is 101 Å². The molecule has 0 aliphatic heterocycles. The van der Waals surface area contributed by atoms with Crippen LogP contribution in [0.4, 0.5) is 0 Å². The third-order valence-electron chi connectivity index (χ3n) is 4.71. The van der Waals surface area contributed by atoms with E-state index in [2.05, 4.69) is 6.92 Å². The highest BCUT2D eigenvalue weighted by Gasteiger charge is 2.45. The smallest absolute Gasteiger partial charge is 0.0630 e. The minimum Gasteiger partial charge on any atom is -0.381 e. The fraction of sp³-hybridized carbons (Fsp3) is 1.00. The maximum absolute atomic E-state index is 5.82. The second-order valence-electron chi connectivity index (χ2n) is 5.90. The first-order chi connectivity index (χ1) is 7.86. The van der Waals surface area contributed by atoms with Crippen molar-refractivity contribution in [2.24, 2.45) is 17.8 Å². The molecule has 0 heterocycles. The molecule has 2 aliphatic rings. The molecule has 0 aromatic rings. The van der Waals surface area contributed by atoms with Crippen molar-refractivity contribution in [3.8, 4) is 0 Å². The fourth-order valence-electron chi connectivity index (χ4n) is 3.65. The van der Waals surface area contributed by atoms with Crippen LogP contribution < -0.4 is 0 Å². The summed E-state index contributed by atoms with van der Waals surface area (Å²) < 4.78 is 5.82. The van der Waals surface area contributed by atoms with Gasteiger partial charge in [-0.25, -0.2) is 0 Å². The molecule has 0 aromatic carbocycles. The summed E-state index contributed by atoms with van der Waals surface area (Å²) in [6.45, 7) is 2.30. The molecule has 0 aromatic heterocycles. The summed E-state index contributed by atoms with van der Waals surface area (Å²) in [5.41, 5.74) is 0. The molecule has 0 bridgehead atoms. The molecule has 2 saturated carbocycles. The van der Waals surface area contributed by atoms with Gasteiger partial charge in [0.25, 0.3) is 0 Å². The number of unbranched alkanes of at least 4 members (excludes halogenated alkanes) is 1. The quantitative estimate of drug-likeness (QED) is 0.649. The maximum atomic E-state index is 5.82. The first-order valence-corrected chi connectivity index (χ1v) is 7.39. The monoisotopic (exact) mass is 224 g/mol. The Morgan fingerprint density at radius 2 is 1.94 bits per heavy atom. The molecule has 0 N–H and O–H groups in total. The number of hydrogen-bond acceptors (Lipinski definition) is 1. The lowest BCUT2D eigenvalue weighted by atomic mass is 9.83. The third kappa shape index (κ3) is 3.00. The van der Waals surface area contributed by atoms with Crippen molar-refractivity contribution in [3.63, 3.8) is 0 Å². The molecule has 2 rings (SSSR count). The molecule has 2 aliphatic carbocycles. The Balaban J connectivity index is 1.77. The van der Waals surface area contributed by atoms with Gasteiger partial charge in [0.15, 0.2) is 0 Å². The van der Waals surface area contributed by atoms with Crippen LogP contribution in [0.2, 0.25) is 0 Å². The van der Waals surface area contributed by atoms with Gasteiger partial charge in [0, 0.05) is 7.11 Å². The van der Waals surface area contributed by atoms with Crippen LogP contribution in [0, 0.1) is 17.8 Å². The molecule has 94 valence electrons. The zero-order chi connectivity index (χ0) is 11.4. The molecule has 0 spiro atoms. The Hall–Kier alpha value is -0.0400. The number of hydrogen-bond donors (Lipinski definition) is 0. The second-order valence-corrected chi connectivity index (χ2v) is 5.90. The summed E-state index contributed by atoms with van der Waals surface area (Å²) in [5.74, 6) is 2.81. The summed E-state index contributed by atoms with van der Waals surface area (Å²) in [6.07, 6.45) is 13.5. The molecule has 1 heteroatoms. The zero-order valence-corrected chi connectivity index (χ0v) is 11.1. The van der Waals surface area contributed by atoms with Gasteiger partial charge < -0.3 is 4.74 Å². The number of methoxy groups -OCH3 is 1. The average Bonchev–Trinajstić information content (AvgIpc) is 3.08. The Kier molecular flexibility index (Phi) is 4.69. The largest absolute Gasteiger partial charge is 0.381 e. The molecular formula is C15H28O. The molecule has 1 unspecified atom stereocenters. The van der Waals surface area contributed by atoms with Crippen LogP contribution in [0.1, 0.15) is 64.7 Å². The first-order valence-electron chi connectivity index (χ1n) is 7.39. The summed E-state index contributed by atoms with van der Waals surface area (Å²) in [7, 11) is 1.94. The van der Waals surface area contributed by atoms with Crippen molar-refractivity contribution in [2.75, 3.05) is 7.11 Å². The predicted molar refractivity (Wildman–Crippen MR) is 68.5 cm³/mol. The standard InChI is InChI=1S/C15H28O/c1-3-4-8-13-11-14(13)15(16-2)12-9-6-5-7-10-12/h12-15H,3-11H2,1-2H3/t13-,14+,15?/m0/s1. The Morgan fingerprint density at radius 1 is 1.19 bits per heavy atom. The van der Waals surface area contributed by atoms with E-state index in [-0.39, 0.29) is 0 Å². The van der Waals surface area contributed by atoms with E-state index in [0.29, 0.717) is 6.10 Å². The molecule has 2 fully saturated rings. The van der Waals surface area contributed by atoms with Gasteiger partial charge in [0.2, 0.25) is 0 Å². The van der Waals surface area contributed by atoms with E-state index in [1.165, 1.54) is 57.8 Å². The summed E-state index contributed by atoms with van der Waals surface area (Å²) in [5, 5.41) is 0. The van der Waals surface area contributed by atoms with E-state index >= 15 is 0 Å². The second kappa shape index (κ2) is 6.05. The highest BCUT2D eigenvalue weighted by atomic mass is 16.5. The first kappa shape index (κ1) is 12.4. The zero-order valence-electron chi connectivity index (χ0n) is 11.1. The predicted octanol–water partition coefficient (Wildman–Crippen LogP) is 4.41. The SMILES string of the molecule is CCCC[C@H]1C[C@H]1C(OC)C1CCCCC1. The lowest BCUT2D eigenvalue weighted by Crippen LogP contribution is -2.27. The minimum absolute atomic E-state index is 0.599. The lowest BCUT2D eigenvalue weighted by Gasteiger charge is -2.29. The van der Waals surface area contributed by atoms with Crippen molar-refractivity contribution in [2.45, 2.75) is 70.8 Å². The van der Waals surface area contributed by atoms with Crippen LogP contribution in [0.5, 0.6) is 0 Å². The molecule has 16 heavy (non-hydrogen) atoms. The molecule has 0 saturated heterocycles. The van der Waals surface area contributed by atoms with E-state index in [4.69, 9.17) is 4.74 Å². The van der Waals surface area contributed by atoms with Gasteiger partial charge in [-0.1, -0.05) is 45.4 Å². The van der Waals surface area contributed by atoms with Gasteiger partial charge in [0.1, 0.15) is 0 Å². The fourth-order valence-corrected chi connectivity index (χ4v) is 3.65. The summed E-state index contributed by atoms with van der Waals surface area (Å²) in [4.78, 5) is 0. The van der Waals surface area contributed by atoms with Crippen molar-refractivity contribution < 1.29 is 4.74 Å². The highest BCUT2D eigenvalue weighted by Crippen LogP contribution is 2.49. The summed E-state index contributed by atoms with van der Waals surface area (Å²) >= 11 is 0. The normalized spacial score (nSPS) is 32.6. The van der Waals surface area contributed by atoms with Crippen LogP contribution in [-0.4, -0.2) is 13.2 Å². The molecular weight excluding hydrogens is 196 g/mol. The summed E-state index contributed by atoms with van der Waals surface area (Å²) in [6, 6.07) is 0. The molecule has 0 radical (unpaired) electrons. The van der Waals surface area contributed by atoms with Gasteiger partial charge in [-0.15, -0.1) is 0 Å². The number of ether oxygens (including phenoxy) is 1. The van der Waals surface area contributed by atoms with Gasteiger partial charge in [-0.05, 0) is 37.0 Å². The van der Waals surface area contributed by atoms with E-state index in [0.717, 1.165) is 17.8 Å². The third-order valence-corrected chi connectivity index (χ3v) is 4.71. The van der Waals surface area contributed by atoms with Crippen LogP contribution in [0.25, 0.3) is 0 Å². The Bertz CT molecular complexity index is 196. The van der Waals surface area contributed by atoms with Gasteiger partial charge in [-0.2, -0.15) is 0 Å². The topological polar surface area (TPSA) is 9.23 Å². The van der Waals surface area contributed by atoms with Crippen LogP contribution >= 0.6 is 0 Å². The highest BCUT2D eigenvalue weighted by molar-refractivity contribution is 4.95. The van der Waals surface area contributed by atoms with Crippen molar-refractivity contribution >= 4 is 0 Å². The van der Waals surface area contributed by atoms with Crippen LogP contribution in [-0.2, 0) is 4.74 Å². The molecule has 1 nitrogen and oxygen atoms in total. The average molecular weight is 224 g/mol. The van der Waals surface area contributed by atoms with E-state index in [9.17, 15) is 0 Å². The maximum Gasteiger partial charge on any atom is 0.0630 e. The van der Waals surface area contributed by atoms with E-state index < -0.39 is 0 Å². The van der Waals surface area contributed by atoms with Crippen LogP contribution in [0.3, 0.4) is 0 Å². The minimum atomic E-state index is 0.599. The van der Waals surface area contributed by atoms with Gasteiger partial charge in [-0.3, -0.25) is 0 Å². The van der Waals surface area contributed by atoms with Crippen molar-refractivity contribution in [1.29, 1.82) is 0 Å². The van der Waals surface area contributed by atoms with E-state index in [1.807, 2.05) is 7.11 Å². The van der Waals surface area contributed by atoms with Gasteiger partial charge in [0.05, 0.1) is 6.10 Å². The number of rotatable bonds is 6. The molecule has 0 amide bonds. The van der Waals surface area contributed by atoms with E-state index in [1.54, 1.807) is 0 Å². The van der Waals surface area contributed by atoms with Crippen molar-refractivity contribution in [3.05, 3.63) is 0 Å². The molecule has 3 atom stereocenters.